The van der Waals surface area contributed by atoms with Gasteiger partial charge in [0.25, 0.3) is 0 Å². The van der Waals surface area contributed by atoms with Gasteiger partial charge in [-0.3, -0.25) is 9.97 Å². The van der Waals surface area contributed by atoms with Crippen molar-refractivity contribution in [1.82, 2.24) is 60.2 Å². The molecule has 2 atom stereocenters. The van der Waals surface area contributed by atoms with Crippen molar-refractivity contribution in [2.24, 2.45) is 5.84 Å². The number of thiocarbonyl (C=S) groups is 1. The van der Waals surface area contributed by atoms with Crippen LogP contribution in [0.3, 0.4) is 0 Å². The van der Waals surface area contributed by atoms with E-state index in [0.717, 1.165) is 44.3 Å². The topological polar surface area (TPSA) is 154 Å². The van der Waals surface area contributed by atoms with Crippen LogP contribution in [-0.2, 0) is 13.1 Å². The Morgan fingerprint density at radius 3 is 1.62 bits per heavy atom. The normalized spacial score (nSPS) is 12.6. The van der Waals surface area contributed by atoms with Crippen LogP contribution in [0.1, 0.15) is 48.4 Å². The third-order valence-corrected chi connectivity index (χ3v) is 9.14. The molecule has 50 heavy (non-hydrogen) atoms. The molecule has 2 aromatic carbocycles. The van der Waals surface area contributed by atoms with E-state index >= 15 is 0 Å². The molecule has 3 N–H and O–H groups in total. The SMILES string of the molecule is CC(c1ccc2nnn(Cc3ccc4ncccc4c3)c2n1)N(C(=S)NN)C(C)c1ccc2nnn(Cc3ccc4ncccc4c3)c2n1.Cl. The molecule has 0 saturated carbocycles. The summed E-state index contributed by atoms with van der Waals surface area (Å²) < 4.78 is 3.62. The number of nitrogens with zero attached hydrogens (tertiary/aromatic N) is 11. The van der Waals surface area contributed by atoms with Gasteiger partial charge in [0.1, 0.15) is 11.0 Å². The van der Waals surface area contributed by atoms with Gasteiger partial charge in [-0.25, -0.2) is 25.2 Å². The summed E-state index contributed by atoms with van der Waals surface area (Å²) in [6, 6.07) is 27.5. The van der Waals surface area contributed by atoms with Gasteiger partial charge in [0.2, 0.25) is 0 Å². The largest absolute Gasteiger partial charge is 0.332 e. The summed E-state index contributed by atoms with van der Waals surface area (Å²) in [4.78, 5) is 20.9. The van der Waals surface area contributed by atoms with E-state index in [0.29, 0.717) is 40.5 Å². The summed E-state index contributed by atoms with van der Waals surface area (Å²) in [5, 5.41) is 20.1. The van der Waals surface area contributed by atoms with Crippen LogP contribution < -0.4 is 11.3 Å². The number of nitrogens with one attached hydrogen (secondary N) is 1. The number of nitrogens with two attached hydrogens (primary N) is 1. The minimum atomic E-state index is -0.287. The smallest absolute Gasteiger partial charge is 0.184 e. The monoisotopic (exact) mass is 701 g/mol. The molecule has 0 spiro atoms. The fraction of sp³-hybridized carbons (Fsp3) is 0.171. The molecule has 13 nitrogen and oxygen atoms in total. The lowest BCUT2D eigenvalue weighted by atomic mass is 10.1. The highest BCUT2D eigenvalue weighted by molar-refractivity contribution is 7.80. The van der Waals surface area contributed by atoms with Crippen LogP contribution in [0.25, 0.3) is 44.1 Å². The van der Waals surface area contributed by atoms with E-state index in [2.05, 4.69) is 60.3 Å². The Kier molecular flexibility index (Phi) is 8.97. The minimum Gasteiger partial charge on any atom is -0.332 e. The third-order valence-electron chi connectivity index (χ3n) is 8.81. The van der Waals surface area contributed by atoms with Crippen LogP contribution in [0.15, 0.2) is 97.3 Å². The molecule has 6 heterocycles. The van der Waals surface area contributed by atoms with E-state index in [1.807, 2.05) is 88.8 Å². The molecule has 0 aliphatic rings. The Morgan fingerprint density at radius 2 is 1.16 bits per heavy atom. The van der Waals surface area contributed by atoms with Gasteiger partial charge in [-0.15, -0.1) is 22.6 Å². The van der Waals surface area contributed by atoms with Crippen LogP contribution in [-0.4, -0.2) is 59.9 Å². The molecule has 0 amide bonds. The van der Waals surface area contributed by atoms with Gasteiger partial charge in [0.05, 0.1) is 47.6 Å². The van der Waals surface area contributed by atoms with E-state index < -0.39 is 0 Å². The number of pyridine rings is 4. The van der Waals surface area contributed by atoms with Crippen LogP contribution in [0.2, 0.25) is 0 Å². The average Bonchev–Trinajstić information content (AvgIpc) is 3.74. The number of hydrazine groups is 1. The van der Waals surface area contributed by atoms with Crippen LogP contribution >= 0.6 is 24.6 Å². The number of rotatable bonds is 8. The van der Waals surface area contributed by atoms with Crippen molar-refractivity contribution >= 4 is 73.9 Å². The Morgan fingerprint density at radius 1 is 0.700 bits per heavy atom. The van der Waals surface area contributed by atoms with Gasteiger partial charge >= 0.3 is 0 Å². The zero-order chi connectivity index (χ0) is 33.5. The van der Waals surface area contributed by atoms with Crippen molar-refractivity contribution in [1.29, 1.82) is 0 Å². The maximum Gasteiger partial charge on any atom is 0.184 e. The number of hydrogen-bond donors (Lipinski definition) is 2. The molecular formula is C35H32ClN13S. The zero-order valence-corrected chi connectivity index (χ0v) is 28.8. The van der Waals surface area contributed by atoms with Gasteiger partial charge in [-0.2, -0.15) is 0 Å². The van der Waals surface area contributed by atoms with Gasteiger partial charge in [0, 0.05) is 23.2 Å². The highest BCUT2D eigenvalue weighted by atomic mass is 35.5. The van der Waals surface area contributed by atoms with E-state index in [9.17, 15) is 0 Å². The van der Waals surface area contributed by atoms with Gasteiger partial charge in [-0.1, -0.05) is 34.7 Å². The lowest BCUT2D eigenvalue weighted by molar-refractivity contribution is 0.257. The number of benzene rings is 2. The van der Waals surface area contributed by atoms with Crippen LogP contribution in [0, 0.1) is 0 Å². The first kappa shape index (κ1) is 32.8. The molecule has 6 aromatic heterocycles. The third kappa shape index (κ3) is 6.15. The Balaban J connectivity index is 0.00000392. The molecule has 0 aliphatic heterocycles. The standard InChI is InChI=1S/C35H31N13S.ClH/c1-21(27-11-13-31-33(39-27)46(44-42-31)19-23-7-9-29-25(17-23)5-3-15-37-29)48(35(49)41-36)22(2)28-12-14-32-34(40-28)47(45-43-32)20-24-8-10-30-26(18-24)6-4-16-38-30;/h3-18,21-22H,19-20,36H2,1-2H3,(H,41,49);1H. The van der Waals surface area contributed by atoms with Gasteiger partial charge in [0.15, 0.2) is 16.4 Å². The van der Waals surface area contributed by atoms with Crippen molar-refractivity contribution in [2.45, 2.75) is 39.0 Å². The highest BCUT2D eigenvalue weighted by Crippen LogP contribution is 2.31. The van der Waals surface area contributed by atoms with Gasteiger partial charge in [-0.05, 0) is 97.9 Å². The van der Waals surface area contributed by atoms with Crippen LogP contribution in [0.5, 0.6) is 0 Å². The molecule has 8 rings (SSSR count). The van der Waals surface area contributed by atoms with Crippen molar-refractivity contribution in [3.8, 4) is 0 Å². The number of hydrogen-bond acceptors (Lipinski definition) is 10. The predicted octanol–water partition coefficient (Wildman–Crippen LogP) is 5.45. The van der Waals surface area contributed by atoms with E-state index in [4.69, 9.17) is 28.0 Å². The number of fused-ring (bicyclic) bond motifs is 4. The van der Waals surface area contributed by atoms with Crippen LogP contribution in [0.4, 0.5) is 0 Å². The molecule has 15 heteroatoms. The second kappa shape index (κ2) is 13.7. The molecule has 0 fully saturated rings. The minimum absolute atomic E-state index is 0. The fourth-order valence-electron chi connectivity index (χ4n) is 6.25. The molecule has 0 aliphatic carbocycles. The molecule has 2 unspecified atom stereocenters. The Labute approximate surface area is 297 Å². The van der Waals surface area contributed by atoms with E-state index in [1.165, 1.54) is 0 Å². The predicted molar refractivity (Wildman–Crippen MR) is 198 cm³/mol. The fourth-order valence-corrected chi connectivity index (χ4v) is 6.57. The first-order chi connectivity index (χ1) is 23.9. The summed E-state index contributed by atoms with van der Waals surface area (Å²) in [6.45, 7) is 5.10. The second-order valence-corrected chi connectivity index (χ2v) is 12.3. The average molecular weight is 702 g/mol. The Hall–Kier alpha value is -5.70. The lowest BCUT2D eigenvalue weighted by Gasteiger charge is -2.35. The van der Waals surface area contributed by atoms with Crippen molar-refractivity contribution in [3.63, 3.8) is 0 Å². The molecule has 250 valence electrons. The number of aromatic nitrogens is 10. The maximum absolute atomic E-state index is 5.92. The summed E-state index contributed by atoms with van der Waals surface area (Å²) >= 11 is 5.75. The van der Waals surface area contributed by atoms with E-state index in [1.54, 1.807) is 12.4 Å². The Bertz CT molecular complexity index is 2330. The summed E-state index contributed by atoms with van der Waals surface area (Å²) in [6.07, 6.45) is 3.59. The number of halogens is 1. The molecule has 0 bridgehead atoms. The van der Waals surface area contributed by atoms with E-state index in [-0.39, 0.29) is 24.5 Å². The first-order valence-corrected chi connectivity index (χ1v) is 16.2. The highest BCUT2D eigenvalue weighted by Gasteiger charge is 2.28. The maximum atomic E-state index is 5.92. The summed E-state index contributed by atoms with van der Waals surface area (Å²) in [5.74, 6) is 5.92. The van der Waals surface area contributed by atoms with Crippen molar-refractivity contribution < 1.29 is 0 Å². The quantitative estimate of drug-likeness (QED) is 0.118. The summed E-state index contributed by atoms with van der Waals surface area (Å²) in [5.41, 5.74) is 11.0. The molecular weight excluding hydrogens is 670 g/mol. The van der Waals surface area contributed by atoms with Crippen molar-refractivity contribution in [2.75, 3.05) is 0 Å². The van der Waals surface area contributed by atoms with Crippen molar-refractivity contribution in [3.05, 3.63) is 120 Å². The molecule has 8 aromatic rings. The zero-order valence-electron chi connectivity index (χ0n) is 27.1. The van der Waals surface area contributed by atoms with Gasteiger partial charge < -0.3 is 10.3 Å². The molecule has 0 radical (unpaired) electrons. The second-order valence-electron chi connectivity index (χ2n) is 11.9. The summed E-state index contributed by atoms with van der Waals surface area (Å²) in [7, 11) is 0. The lowest BCUT2D eigenvalue weighted by Crippen LogP contribution is -2.45. The first-order valence-electron chi connectivity index (χ1n) is 15.8. The molecule has 0 saturated heterocycles.